The standard InChI is InChI=1S/2C23H21ClN2O4/c1-14-3-5-15(6-4-14)19(13-21(27)28)26-23(29)18-11-12-20(30-2)22(25-18)16-7-9-17(24)10-8-16;1-14-5-3-4-6-17(14)19(13-21(27)28)26-23(29)18-11-12-20(30-2)22(25-18)15-7-9-16(24)10-8-15/h2*3-12,19H,13H2,1-2H3,(H,26,29)(H,27,28)/t2*19-/m00/s1. The molecule has 60 heavy (non-hydrogen) atoms. The number of carboxylic acid groups (broad SMARTS) is 2. The van der Waals surface area contributed by atoms with Crippen LogP contribution < -0.4 is 20.1 Å². The molecule has 0 saturated heterocycles. The van der Waals surface area contributed by atoms with Crippen molar-refractivity contribution in [3.05, 3.63) is 165 Å². The molecule has 12 nitrogen and oxygen atoms in total. The van der Waals surface area contributed by atoms with Gasteiger partial charge in [0.25, 0.3) is 11.8 Å². The average molecular weight is 850 g/mol. The second-order valence-corrected chi connectivity index (χ2v) is 14.4. The first-order valence-corrected chi connectivity index (χ1v) is 19.3. The van der Waals surface area contributed by atoms with Gasteiger partial charge in [-0.2, -0.15) is 0 Å². The third kappa shape index (κ3) is 11.9. The first-order chi connectivity index (χ1) is 28.8. The predicted octanol–water partition coefficient (Wildman–Crippen LogP) is 9.33. The number of pyridine rings is 2. The molecule has 4 N–H and O–H groups in total. The van der Waals surface area contributed by atoms with Gasteiger partial charge in [-0.3, -0.25) is 19.2 Å². The third-order valence-electron chi connectivity index (χ3n) is 9.27. The smallest absolute Gasteiger partial charge is 0.305 e. The number of amides is 2. The number of aliphatic carboxylic acids is 2. The van der Waals surface area contributed by atoms with Gasteiger partial charge in [-0.15, -0.1) is 0 Å². The molecule has 0 spiro atoms. The lowest BCUT2D eigenvalue weighted by Gasteiger charge is -2.19. The van der Waals surface area contributed by atoms with Crippen LogP contribution in [0, 0.1) is 13.8 Å². The van der Waals surface area contributed by atoms with Crippen LogP contribution in [-0.4, -0.2) is 58.2 Å². The highest BCUT2D eigenvalue weighted by Crippen LogP contribution is 2.31. The van der Waals surface area contributed by atoms with E-state index in [2.05, 4.69) is 20.6 Å². The Hall–Kier alpha value is -6.76. The quantitative estimate of drug-likeness (QED) is 0.0826. The van der Waals surface area contributed by atoms with E-state index in [1.165, 1.54) is 14.2 Å². The Morgan fingerprint density at radius 1 is 0.583 bits per heavy atom. The van der Waals surface area contributed by atoms with Crippen molar-refractivity contribution in [2.75, 3.05) is 14.2 Å². The Bertz CT molecular complexity index is 2460. The lowest BCUT2D eigenvalue weighted by molar-refractivity contribution is -0.138. The van der Waals surface area contributed by atoms with Gasteiger partial charge in [-0.1, -0.05) is 102 Å². The number of hydrogen-bond donors (Lipinski definition) is 4. The summed E-state index contributed by atoms with van der Waals surface area (Å²) in [6.45, 7) is 3.81. The van der Waals surface area contributed by atoms with Crippen LogP contribution in [0.4, 0.5) is 0 Å². The first-order valence-electron chi connectivity index (χ1n) is 18.6. The summed E-state index contributed by atoms with van der Waals surface area (Å²) in [5.74, 6) is -1.94. The molecule has 0 aliphatic heterocycles. The molecule has 0 aliphatic carbocycles. The minimum absolute atomic E-state index is 0.156. The van der Waals surface area contributed by atoms with E-state index in [-0.39, 0.29) is 24.2 Å². The predicted molar refractivity (Wildman–Crippen MR) is 230 cm³/mol. The van der Waals surface area contributed by atoms with E-state index in [9.17, 15) is 29.4 Å². The highest BCUT2D eigenvalue weighted by molar-refractivity contribution is 6.31. The van der Waals surface area contributed by atoms with Crippen molar-refractivity contribution in [3.8, 4) is 34.0 Å². The molecule has 0 fully saturated rings. The maximum atomic E-state index is 12.9. The van der Waals surface area contributed by atoms with Gasteiger partial charge in [0.1, 0.15) is 34.3 Å². The summed E-state index contributed by atoms with van der Waals surface area (Å²) in [6.07, 6.45) is -0.480. The SMILES string of the molecule is COc1ccc(C(=O)N[C@@H](CC(=O)O)c2ccc(C)cc2)nc1-c1ccc(Cl)cc1.COc1ccc(C(=O)N[C@@H](CC(=O)O)c2ccccc2C)nc1-c1ccc(Cl)cc1. The topological polar surface area (TPSA) is 177 Å². The molecule has 2 aromatic heterocycles. The van der Waals surface area contributed by atoms with Crippen LogP contribution >= 0.6 is 23.2 Å². The maximum Gasteiger partial charge on any atom is 0.305 e. The molecule has 0 bridgehead atoms. The van der Waals surface area contributed by atoms with Crippen molar-refractivity contribution in [1.29, 1.82) is 0 Å². The molecule has 2 atom stereocenters. The number of hydrogen-bond acceptors (Lipinski definition) is 8. The molecule has 4 aromatic carbocycles. The zero-order valence-corrected chi connectivity index (χ0v) is 34.6. The molecule has 308 valence electrons. The van der Waals surface area contributed by atoms with Gasteiger partial charge in [0, 0.05) is 21.2 Å². The van der Waals surface area contributed by atoms with Crippen molar-refractivity contribution in [2.45, 2.75) is 38.8 Å². The van der Waals surface area contributed by atoms with Gasteiger partial charge in [0.2, 0.25) is 0 Å². The average Bonchev–Trinajstić information content (AvgIpc) is 3.23. The fourth-order valence-corrected chi connectivity index (χ4v) is 6.44. The molecular formula is C46H42Cl2N4O8. The van der Waals surface area contributed by atoms with Gasteiger partial charge in [0.15, 0.2) is 0 Å². The van der Waals surface area contributed by atoms with Crippen molar-refractivity contribution in [3.63, 3.8) is 0 Å². The Balaban J connectivity index is 0.000000228. The second kappa shape index (κ2) is 20.8. The molecule has 0 saturated carbocycles. The number of aryl methyl sites for hydroxylation is 2. The van der Waals surface area contributed by atoms with E-state index in [4.69, 9.17) is 32.7 Å². The van der Waals surface area contributed by atoms with Crippen LogP contribution in [-0.2, 0) is 9.59 Å². The van der Waals surface area contributed by atoms with Crippen LogP contribution in [0.1, 0.15) is 68.2 Å². The summed E-state index contributed by atoms with van der Waals surface area (Å²) in [4.78, 5) is 57.4. The molecule has 0 aliphatic rings. The Labute approximate surface area is 357 Å². The summed E-state index contributed by atoms with van der Waals surface area (Å²) in [5.41, 5.74) is 6.19. The number of carbonyl (C=O) groups is 4. The maximum absolute atomic E-state index is 12.9. The number of ether oxygens (including phenoxy) is 2. The Kier molecular flexibility index (Phi) is 15.4. The van der Waals surface area contributed by atoms with Crippen molar-refractivity contribution in [2.24, 2.45) is 0 Å². The Morgan fingerprint density at radius 3 is 1.45 bits per heavy atom. The zero-order valence-electron chi connectivity index (χ0n) is 33.1. The number of aromatic nitrogens is 2. The lowest BCUT2D eigenvalue weighted by Crippen LogP contribution is -2.31. The van der Waals surface area contributed by atoms with Gasteiger partial charge in [-0.05, 0) is 79.1 Å². The highest BCUT2D eigenvalue weighted by Gasteiger charge is 2.23. The summed E-state index contributed by atoms with van der Waals surface area (Å²) in [7, 11) is 3.05. The third-order valence-corrected chi connectivity index (χ3v) is 9.77. The summed E-state index contributed by atoms with van der Waals surface area (Å²) >= 11 is 11.9. The van der Waals surface area contributed by atoms with Crippen molar-refractivity contribution >= 4 is 47.0 Å². The number of carbonyl (C=O) groups excluding carboxylic acids is 2. The van der Waals surface area contributed by atoms with Gasteiger partial charge >= 0.3 is 11.9 Å². The fraction of sp³-hybridized carbons (Fsp3) is 0.174. The van der Waals surface area contributed by atoms with E-state index in [0.29, 0.717) is 38.5 Å². The van der Waals surface area contributed by atoms with Gasteiger partial charge < -0.3 is 30.3 Å². The number of methoxy groups -OCH3 is 2. The Morgan fingerprint density at radius 2 is 1.02 bits per heavy atom. The number of nitrogens with zero attached hydrogens (tertiary/aromatic N) is 2. The normalized spacial score (nSPS) is 11.6. The van der Waals surface area contributed by atoms with E-state index in [1.807, 2.05) is 62.4 Å². The van der Waals surface area contributed by atoms with Crippen LogP contribution in [0.2, 0.25) is 10.0 Å². The van der Waals surface area contributed by atoms with Crippen LogP contribution in [0.3, 0.4) is 0 Å². The van der Waals surface area contributed by atoms with Gasteiger partial charge in [-0.25, -0.2) is 9.97 Å². The van der Waals surface area contributed by atoms with E-state index >= 15 is 0 Å². The fourth-order valence-electron chi connectivity index (χ4n) is 6.19. The highest BCUT2D eigenvalue weighted by atomic mass is 35.5. The van der Waals surface area contributed by atoms with E-state index in [0.717, 1.165) is 27.8 Å². The number of carboxylic acids is 2. The van der Waals surface area contributed by atoms with Gasteiger partial charge in [0.05, 0.1) is 39.1 Å². The van der Waals surface area contributed by atoms with E-state index in [1.54, 1.807) is 72.8 Å². The van der Waals surface area contributed by atoms with Crippen molar-refractivity contribution < 1.29 is 38.9 Å². The van der Waals surface area contributed by atoms with Crippen LogP contribution in [0.15, 0.2) is 121 Å². The minimum Gasteiger partial charge on any atom is -0.494 e. The molecule has 2 amide bonds. The molecule has 0 unspecified atom stereocenters. The van der Waals surface area contributed by atoms with E-state index < -0.39 is 35.8 Å². The largest absolute Gasteiger partial charge is 0.494 e. The molecular weight excluding hydrogens is 807 g/mol. The molecule has 14 heteroatoms. The number of halogens is 2. The number of rotatable bonds is 14. The first kappa shape index (κ1) is 44.3. The van der Waals surface area contributed by atoms with Crippen LogP contribution in [0.5, 0.6) is 11.5 Å². The molecule has 2 heterocycles. The second-order valence-electron chi connectivity index (χ2n) is 13.5. The molecule has 6 rings (SSSR count). The zero-order chi connectivity index (χ0) is 43.3. The number of nitrogens with one attached hydrogen (secondary N) is 2. The lowest BCUT2D eigenvalue weighted by atomic mass is 9.98. The number of benzene rings is 4. The molecule has 6 aromatic rings. The molecule has 0 radical (unpaired) electrons. The monoisotopic (exact) mass is 848 g/mol. The summed E-state index contributed by atoms with van der Waals surface area (Å²) in [5, 5.41) is 25.3. The minimum atomic E-state index is -1.01. The van der Waals surface area contributed by atoms with Crippen LogP contribution in [0.25, 0.3) is 22.5 Å². The summed E-state index contributed by atoms with van der Waals surface area (Å²) in [6, 6.07) is 33.8. The summed E-state index contributed by atoms with van der Waals surface area (Å²) < 4.78 is 10.8. The van der Waals surface area contributed by atoms with Crippen molar-refractivity contribution in [1.82, 2.24) is 20.6 Å².